The maximum absolute atomic E-state index is 14.4. The van der Waals surface area contributed by atoms with Crippen LogP contribution in [0.4, 0.5) is 4.79 Å². The van der Waals surface area contributed by atoms with Crippen molar-refractivity contribution >= 4 is 30.2 Å². The number of carbonyl (C=O) groups is 5. The lowest BCUT2D eigenvalue weighted by atomic mass is 9.78. The van der Waals surface area contributed by atoms with E-state index >= 15 is 0 Å². The number of benzene rings is 2. The van der Waals surface area contributed by atoms with E-state index < -0.39 is 53.1 Å². The number of ether oxygens (including phenoxy) is 1. The third-order valence-corrected chi connectivity index (χ3v) is 9.45. The summed E-state index contributed by atoms with van der Waals surface area (Å²) in [5.74, 6) is -3.30. The van der Waals surface area contributed by atoms with Crippen LogP contribution in [0, 0.1) is 5.92 Å². The van der Waals surface area contributed by atoms with Gasteiger partial charge in [-0.25, -0.2) is 19.6 Å². The Morgan fingerprint density at radius 3 is 1.98 bits per heavy atom. The molecule has 2 N–H and O–H groups in total. The molecule has 0 spiro atoms. The van der Waals surface area contributed by atoms with E-state index in [1.807, 2.05) is 60.7 Å². The minimum Gasteiger partial charge on any atom is -0.480 e. The van der Waals surface area contributed by atoms with Crippen LogP contribution in [0.1, 0.15) is 96.1 Å². The van der Waals surface area contributed by atoms with Gasteiger partial charge < -0.3 is 15.2 Å². The molecule has 0 aromatic heterocycles. The van der Waals surface area contributed by atoms with Crippen molar-refractivity contribution in [1.82, 2.24) is 20.2 Å². The van der Waals surface area contributed by atoms with Crippen molar-refractivity contribution in [3.05, 3.63) is 71.8 Å². The largest absolute Gasteiger partial charge is 0.480 e. The number of aldehydes is 1. The van der Waals surface area contributed by atoms with Crippen molar-refractivity contribution in [3.8, 4) is 0 Å². The molecule has 4 rings (SSSR count). The fraction of sp³-hybridized carbons (Fsp3) is 0.541. The number of aliphatic carboxylic acids is 1. The number of likely N-dealkylation sites (tertiary alicyclic amines) is 1. The van der Waals surface area contributed by atoms with Gasteiger partial charge >= 0.3 is 12.1 Å². The number of hydrazine groups is 1. The highest BCUT2D eigenvalue weighted by Crippen LogP contribution is 2.43. The molecule has 2 aromatic rings. The van der Waals surface area contributed by atoms with Crippen LogP contribution in [0.3, 0.4) is 0 Å². The number of nitrogens with one attached hydrogen (secondary N) is 1. The van der Waals surface area contributed by atoms with Gasteiger partial charge in [0.2, 0.25) is 11.8 Å². The summed E-state index contributed by atoms with van der Waals surface area (Å²) in [6, 6.07) is 16.1. The Hall–Kier alpha value is -4.25. The average Bonchev–Trinajstić information content (AvgIpc) is 3.57. The molecule has 1 aliphatic carbocycles. The van der Waals surface area contributed by atoms with Crippen LogP contribution in [0.25, 0.3) is 0 Å². The molecule has 3 amide bonds. The number of hydrogen-bond acceptors (Lipinski definition) is 7. The van der Waals surface area contributed by atoms with Crippen molar-refractivity contribution < 1.29 is 33.8 Å². The number of hydrogen-bond donors (Lipinski definition) is 2. The molecule has 1 saturated heterocycles. The topological polar surface area (TPSA) is 137 Å². The normalized spacial score (nSPS) is 19.2. The molecule has 1 saturated carbocycles. The molecular weight excluding hydrogens is 612 g/mol. The second-order valence-corrected chi connectivity index (χ2v) is 13.8. The van der Waals surface area contributed by atoms with Crippen molar-refractivity contribution in [2.75, 3.05) is 13.6 Å². The van der Waals surface area contributed by atoms with Crippen molar-refractivity contribution in [1.29, 1.82) is 0 Å². The third-order valence-electron chi connectivity index (χ3n) is 9.45. The fourth-order valence-electron chi connectivity index (χ4n) is 7.34. The number of rotatable bonds is 11. The Labute approximate surface area is 283 Å². The zero-order valence-electron chi connectivity index (χ0n) is 28.8. The monoisotopic (exact) mass is 662 g/mol. The van der Waals surface area contributed by atoms with E-state index in [0.29, 0.717) is 38.5 Å². The maximum Gasteiger partial charge on any atom is 0.429 e. The highest BCUT2D eigenvalue weighted by molar-refractivity contribution is 5.89. The quantitative estimate of drug-likeness (QED) is 0.243. The van der Waals surface area contributed by atoms with E-state index in [1.54, 1.807) is 32.6 Å². The molecule has 11 heteroatoms. The summed E-state index contributed by atoms with van der Waals surface area (Å²) in [5, 5.41) is 15.7. The summed E-state index contributed by atoms with van der Waals surface area (Å²) >= 11 is 0. The van der Waals surface area contributed by atoms with Gasteiger partial charge in [-0.15, -0.1) is 0 Å². The summed E-state index contributed by atoms with van der Waals surface area (Å²) in [6.07, 6.45) is 4.63. The Kier molecular flexibility index (Phi) is 12.0. The van der Waals surface area contributed by atoms with Crippen LogP contribution in [0.5, 0.6) is 0 Å². The predicted octanol–water partition coefficient (Wildman–Crippen LogP) is 5.35. The highest BCUT2D eigenvalue weighted by Gasteiger charge is 2.57. The number of carboxylic acid groups (broad SMARTS) is 1. The first-order valence-electron chi connectivity index (χ1n) is 17.0. The van der Waals surface area contributed by atoms with Gasteiger partial charge in [0.25, 0.3) is 0 Å². The van der Waals surface area contributed by atoms with Gasteiger partial charge in [0.1, 0.15) is 11.6 Å². The van der Waals surface area contributed by atoms with E-state index in [9.17, 15) is 29.1 Å². The number of amides is 3. The maximum atomic E-state index is 14.4. The Morgan fingerprint density at radius 1 is 0.938 bits per heavy atom. The van der Waals surface area contributed by atoms with Gasteiger partial charge in [-0.2, -0.15) is 0 Å². The molecule has 3 atom stereocenters. The van der Waals surface area contributed by atoms with Crippen molar-refractivity contribution in [2.24, 2.45) is 5.92 Å². The zero-order chi connectivity index (χ0) is 35.1. The van der Waals surface area contributed by atoms with Gasteiger partial charge in [-0.3, -0.25) is 19.3 Å². The lowest BCUT2D eigenvalue weighted by molar-refractivity contribution is -0.199. The van der Waals surface area contributed by atoms with Crippen LogP contribution in [-0.4, -0.2) is 87.1 Å². The van der Waals surface area contributed by atoms with Gasteiger partial charge in [-0.1, -0.05) is 86.8 Å². The van der Waals surface area contributed by atoms with Gasteiger partial charge in [-0.05, 0) is 57.6 Å². The number of nitrogens with zero attached hydrogens (tertiary/aromatic N) is 3. The summed E-state index contributed by atoms with van der Waals surface area (Å²) in [4.78, 5) is 70.2. The number of carbonyl (C=O) groups excluding carboxylic acids is 4. The van der Waals surface area contributed by atoms with Crippen LogP contribution < -0.4 is 5.32 Å². The van der Waals surface area contributed by atoms with E-state index in [0.717, 1.165) is 35.4 Å². The molecule has 260 valence electrons. The molecule has 2 aromatic carbocycles. The molecule has 1 aliphatic heterocycles. The molecule has 48 heavy (non-hydrogen) atoms. The van der Waals surface area contributed by atoms with E-state index in [1.165, 1.54) is 12.1 Å². The molecule has 1 heterocycles. The molecule has 0 bridgehead atoms. The van der Waals surface area contributed by atoms with E-state index in [4.69, 9.17) is 4.74 Å². The Bertz CT molecular complexity index is 1380. The summed E-state index contributed by atoms with van der Waals surface area (Å²) < 4.78 is 5.64. The minimum atomic E-state index is -1.69. The molecule has 2 fully saturated rings. The lowest BCUT2D eigenvalue weighted by Crippen LogP contribution is -2.74. The first-order chi connectivity index (χ1) is 22.9. The Balaban J connectivity index is 1.78. The van der Waals surface area contributed by atoms with Crippen LogP contribution in [0.15, 0.2) is 60.7 Å². The zero-order valence-corrected chi connectivity index (χ0v) is 28.8. The smallest absolute Gasteiger partial charge is 0.429 e. The second kappa shape index (κ2) is 15.8. The molecule has 0 unspecified atom stereocenters. The van der Waals surface area contributed by atoms with Crippen LogP contribution in [0.2, 0.25) is 0 Å². The average molecular weight is 663 g/mol. The number of carboxylic acids is 1. The van der Waals surface area contributed by atoms with E-state index in [-0.39, 0.29) is 12.3 Å². The highest BCUT2D eigenvalue weighted by atomic mass is 16.6. The molecular formula is C37H50N4O7. The van der Waals surface area contributed by atoms with Gasteiger partial charge in [0.05, 0.1) is 6.04 Å². The third kappa shape index (κ3) is 7.89. The summed E-state index contributed by atoms with van der Waals surface area (Å²) in [7, 11) is 1.42. The molecule has 2 aliphatic rings. The second-order valence-electron chi connectivity index (χ2n) is 13.8. The first-order valence-corrected chi connectivity index (χ1v) is 17.0. The van der Waals surface area contributed by atoms with Crippen LogP contribution in [-0.2, 0) is 23.9 Å². The Morgan fingerprint density at radius 2 is 1.50 bits per heavy atom. The lowest BCUT2D eigenvalue weighted by Gasteiger charge is -2.54. The predicted molar refractivity (Wildman–Crippen MR) is 181 cm³/mol. The first kappa shape index (κ1) is 36.6. The van der Waals surface area contributed by atoms with Gasteiger partial charge in [0, 0.05) is 31.8 Å². The fourth-order valence-corrected chi connectivity index (χ4v) is 7.34. The van der Waals surface area contributed by atoms with Gasteiger partial charge in [0.15, 0.2) is 11.9 Å². The summed E-state index contributed by atoms with van der Waals surface area (Å²) in [6.45, 7) is 7.11. The van der Waals surface area contributed by atoms with Crippen molar-refractivity contribution in [2.45, 2.75) is 108 Å². The minimum absolute atomic E-state index is 0.00291. The molecule has 0 radical (unpaired) electrons. The SMILES string of the molecule is CCC(=O)N(N(C)C(=O)OC(C)(C)C)[C@](C=O)(C1CCCCC1)N1CCC[C@H]1C(=O)N[C@H](C(=O)O)C(c1ccccc1)c1ccccc1. The molecule has 11 nitrogen and oxygen atoms in total. The van der Waals surface area contributed by atoms with Crippen molar-refractivity contribution in [3.63, 3.8) is 0 Å². The van der Waals surface area contributed by atoms with E-state index in [2.05, 4.69) is 5.32 Å². The standard InChI is InChI=1S/C37H50N4O7/c1-6-30(43)41(39(5)35(47)48-36(2,3)4)37(25-42,28-21-14-9-15-22-28)40-24-16-23-29(40)33(44)38-32(34(45)46)31(26-17-10-7-11-18-26)27-19-12-8-13-20-27/h7-8,10-13,17-20,25,28-29,31-32H,6,9,14-16,21-24H2,1-5H3,(H,38,44)(H,45,46)/t29-,32-,37+/m0/s1. The summed E-state index contributed by atoms with van der Waals surface area (Å²) in [5.41, 5.74) is -1.10. The van der Waals surface area contributed by atoms with Crippen LogP contribution >= 0.6 is 0 Å².